The number of nitrogens with zero attached hydrogens (tertiary/aromatic N) is 2. The molecule has 0 saturated heterocycles. The lowest BCUT2D eigenvalue weighted by molar-refractivity contribution is 0.832. The van der Waals surface area contributed by atoms with Crippen molar-refractivity contribution < 1.29 is 0 Å². The fourth-order valence-corrected chi connectivity index (χ4v) is 3.16. The Labute approximate surface area is 126 Å². The largest absolute Gasteiger partial charge is 0.389 e. The molecule has 0 amide bonds. The highest BCUT2D eigenvalue weighted by Crippen LogP contribution is 2.23. The maximum absolute atomic E-state index is 5.66. The van der Waals surface area contributed by atoms with E-state index in [1.165, 1.54) is 11.3 Å². The summed E-state index contributed by atoms with van der Waals surface area (Å²) in [6, 6.07) is 5.90. The number of benzene rings is 1. The van der Waals surface area contributed by atoms with Crippen molar-refractivity contribution >= 4 is 33.1 Å². The lowest BCUT2D eigenvalue weighted by atomic mass is 10.1. The highest BCUT2D eigenvalue weighted by molar-refractivity contribution is 9.10. The first-order valence-electron chi connectivity index (χ1n) is 6.10. The maximum atomic E-state index is 5.66. The molecule has 100 valence electrons. The smallest absolute Gasteiger partial charge is 0.105 e. The van der Waals surface area contributed by atoms with Crippen LogP contribution >= 0.6 is 28.1 Å². The minimum atomic E-state index is 0.390. The second-order valence-electron chi connectivity index (χ2n) is 4.44. The van der Waals surface area contributed by atoms with Crippen LogP contribution in [0.2, 0.25) is 0 Å². The van der Waals surface area contributed by atoms with Crippen LogP contribution in [0.3, 0.4) is 0 Å². The SMILES string of the molecule is CCc1c(C)nn(-c2ccc(C(N)=S)c(Br)c2)c1C. The molecule has 0 saturated carbocycles. The summed E-state index contributed by atoms with van der Waals surface area (Å²) >= 11 is 8.51. The fourth-order valence-electron chi connectivity index (χ4n) is 2.27. The normalized spacial score (nSPS) is 10.7. The first-order valence-corrected chi connectivity index (χ1v) is 7.30. The Hall–Kier alpha value is -1.20. The van der Waals surface area contributed by atoms with Crippen molar-refractivity contribution in [2.75, 3.05) is 0 Å². The molecule has 0 fully saturated rings. The van der Waals surface area contributed by atoms with Crippen molar-refractivity contribution in [2.45, 2.75) is 27.2 Å². The molecule has 0 radical (unpaired) electrons. The van der Waals surface area contributed by atoms with Gasteiger partial charge in [0.05, 0.1) is 11.4 Å². The minimum Gasteiger partial charge on any atom is -0.389 e. The summed E-state index contributed by atoms with van der Waals surface area (Å²) in [5.41, 5.74) is 11.1. The van der Waals surface area contributed by atoms with Gasteiger partial charge in [-0.25, -0.2) is 4.68 Å². The van der Waals surface area contributed by atoms with Crippen LogP contribution in [0.5, 0.6) is 0 Å². The number of aromatic nitrogens is 2. The van der Waals surface area contributed by atoms with Gasteiger partial charge < -0.3 is 5.73 Å². The predicted octanol–water partition coefficient (Wildman–Crippen LogP) is 3.45. The third-order valence-corrected chi connectivity index (χ3v) is 4.13. The van der Waals surface area contributed by atoms with Gasteiger partial charge in [0.1, 0.15) is 4.99 Å². The Morgan fingerprint density at radius 3 is 2.58 bits per heavy atom. The number of halogens is 1. The van der Waals surface area contributed by atoms with E-state index in [2.05, 4.69) is 34.9 Å². The molecule has 0 aliphatic carbocycles. The number of rotatable bonds is 3. The van der Waals surface area contributed by atoms with Crippen LogP contribution in [0.25, 0.3) is 5.69 Å². The first-order chi connectivity index (χ1) is 8.95. The van der Waals surface area contributed by atoms with E-state index in [0.29, 0.717) is 4.99 Å². The van der Waals surface area contributed by atoms with Gasteiger partial charge in [-0.15, -0.1) is 0 Å². The van der Waals surface area contributed by atoms with Crippen molar-refractivity contribution in [3.05, 3.63) is 45.2 Å². The molecular formula is C14H16BrN3S. The molecular weight excluding hydrogens is 322 g/mol. The summed E-state index contributed by atoms with van der Waals surface area (Å²) in [6.45, 7) is 6.28. The van der Waals surface area contributed by atoms with Gasteiger partial charge in [-0.1, -0.05) is 19.1 Å². The molecule has 0 spiro atoms. The van der Waals surface area contributed by atoms with E-state index in [4.69, 9.17) is 18.0 Å². The highest BCUT2D eigenvalue weighted by Gasteiger charge is 2.12. The van der Waals surface area contributed by atoms with Gasteiger partial charge in [0.25, 0.3) is 0 Å². The van der Waals surface area contributed by atoms with E-state index in [0.717, 1.165) is 27.8 Å². The van der Waals surface area contributed by atoms with E-state index in [9.17, 15) is 0 Å². The monoisotopic (exact) mass is 337 g/mol. The van der Waals surface area contributed by atoms with Gasteiger partial charge in [0, 0.05) is 15.7 Å². The van der Waals surface area contributed by atoms with Crippen LogP contribution in [0.1, 0.15) is 29.4 Å². The summed E-state index contributed by atoms with van der Waals surface area (Å²) in [7, 11) is 0. The van der Waals surface area contributed by atoms with E-state index in [1.807, 2.05) is 29.8 Å². The van der Waals surface area contributed by atoms with Crippen molar-refractivity contribution in [2.24, 2.45) is 5.73 Å². The van der Waals surface area contributed by atoms with Gasteiger partial charge in [-0.3, -0.25) is 0 Å². The number of hydrogen-bond donors (Lipinski definition) is 1. The fraction of sp³-hybridized carbons (Fsp3) is 0.286. The van der Waals surface area contributed by atoms with Crippen LogP contribution < -0.4 is 5.73 Å². The van der Waals surface area contributed by atoms with Crippen LogP contribution in [0.15, 0.2) is 22.7 Å². The lowest BCUT2D eigenvalue weighted by Gasteiger charge is -2.08. The molecule has 19 heavy (non-hydrogen) atoms. The predicted molar refractivity (Wildman–Crippen MR) is 86.0 cm³/mol. The third-order valence-electron chi connectivity index (χ3n) is 3.26. The van der Waals surface area contributed by atoms with Gasteiger partial charge >= 0.3 is 0 Å². The average Bonchev–Trinajstić information content (AvgIpc) is 2.63. The molecule has 0 aliphatic rings. The molecule has 2 aromatic rings. The van der Waals surface area contributed by atoms with Crippen LogP contribution in [-0.2, 0) is 6.42 Å². The van der Waals surface area contributed by atoms with E-state index >= 15 is 0 Å². The van der Waals surface area contributed by atoms with Crippen molar-refractivity contribution in [3.8, 4) is 5.69 Å². The third kappa shape index (κ3) is 2.58. The zero-order valence-corrected chi connectivity index (χ0v) is 13.6. The van der Waals surface area contributed by atoms with Gasteiger partial charge in [-0.2, -0.15) is 5.10 Å². The molecule has 1 heterocycles. The Balaban J connectivity index is 2.54. The molecule has 0 unspecified atom stereocenters. The summed E-state index contributed by atoms with van der Waals surface area (Å²) in [6.07, 6.45) is 0.990. The lowest BCUT2D eigenvalue weighted by Crippen LogP contribution is -2.10. The van der Waals surface area contributed by atoms with Gasteiger partial charge in [0.2, 0.25) is 0 Å². The molecule has 2 N–H and O–H groups in total. The Morgan fingerprint density at radius 1 is 1.42 bits per heavy atom. The number of nitrogens with two attached hydrogens (primary N) is 1. The second-order valence-corrected chi connectivity index (χ2v) is 5.74. The van der Waals surface area contributed by atoms with Gasteiger partial charge in [-0.05, 0) is 60.0 Å². The van der Waals surface area contributed by atoms with Crippen molar-refractivity contribution in [1.29, 1.82) is 0 Å². The van der Waals surface area contributed by atoms with Gasteiger partial charge in [0.15, 0.2) is 0 Å². The van der Waals surface area contributed by atoms with E-state index in [1.54, 1.807) is 0 Å². The summed E-state index contributed by atoms with van der Waals surface area (Å²) in [5, 5.41) is 4.60. The quantitative estimate of drug-likeness (QED) is 0.872. The van der Waals surface area contributed by atoms with E-state index < -0.39 is 0 Å². The topological polar surface area (TPSA) is 43.8 Å². The zero-order chi connectivity index (χ0) is 14.2. The zero-order valence-electron chi connectivity index (χ0n) is 11.2. The number of aryl methyl sites for hydroxylation is 1. The molecule has 1 aromatic heterocycles. The van der Waals surface area contributed by atoms with E-state index in [-0.39, 0.29) is 0 Å². The van der Waals surface area contributed by atoms with Crippen LogP contribution in [0, 0.1) is 13.8 Å². The molecule has 0 bridgehead atoms. The standard InChI is InChI=1S/C14H16BrN3S/c1-4-11-8(2)17-18(9(11)3)10-5-6-12(14(16)19)13(15)7-10/h5-7H,4H2,1-3H3,(H2,16,19). The molecule has 1 aromatic carbocycles. The minimum absolute atomic E-state index is 0.390. The summed E-state index contributed by atoms with van der Waals surface area (Å²) in [4.78, 5) is 0.390. The molecule has 2 rings (SSSR count). The van der Waals surface area contributed by atoms with Crippen LogP contribution in [0.4, 0.5) is 0 Å². The Morgan fingerprint density at radius 2 is 2.11 bits per heavy atom. The second kappa shape index (κ2) is 5.43. The maximum Gasteiger partial charge on any atom is 0.105 e. The molecule has 0 aliphatic heterocycles. The number of hydrogen-bond acceptors (Lipinski definition) is 2. The molecule has 3 nitrogen and oxygen atoms in total. The average molecular weight is 338 g/mol. The number of thiocarbonyl (C=S) groups is 1. The molecule has 0 atom stereocenters. The van der Waals surface area contributed by atoms with Crippen molar-refractivity contribution in [3.63, 3.8) is 0 Å². The Bertz CT molecular complexity index is 646. The summed E-state index contributed by atoms with van der Waals surface area (Å²) in [5.74, 6) is 0. The Kier molecular flexibility index (Phi) is 4.06. The highest BCUT2D eigenvalue weighted by atomic mass is 79.9. The van der Waals surface area contributed by atoms with Crippen molar-refractivity contribution in [1.82, 2.24) is 9.78 Å². The first kappa shape index (κ1) is 14.2. The summed E-state index contributed by atoms with van der Waals surface area (Å²) < 4.78 is 2.85. The van der Waals surface area contributed by atoms with Crippen LogP contribution in [-0.4, -0.2) is 14.8 Å². The molecule has 5 heteroatoms.